The van der Waals surface area contributed by atoms with E-state index in [9.17, 15) is 27.1 Å². The Morgan fingerprint density at radius 1 is 1.16 bits per heavy atom. The Hall–Kier alpha value is -3.00. The second kappa shape index (κ2) is 11.8. The first kappa shape index (κ1) is 30.0. The number of fused-ring (bicyclic) bond motifs is 1. The largest absolute Gasteiger partial charge is 0.484 e. The molecule has 2 aromatic heterocycles. The average molecular weight is 637 g/mol. The van der Waals surface area contributed by atoms with Gasteiger partial charge < -0.3 is 14.5 Å². The Morgan fingerprint density at radius 3 is 2.56 bits per heavy atom. The van der Waals surface area contributed by atoms with Gasteiger partial charge in [-0.3, -0.25) is 9.19 Å². The number of alkyl halides is 3. The van der Waals surface area contributed by atoms with Gasteiger partial charge in [-0.15, -0.1) is 4.91 Å². The molecule has 43 heavy (non-hydrogen) atoms. The summed E-state index contributed by atoms with van der Waals surface area (Å²) >= 11 is 1.14. The van der Waals surface area contributed by atoms with Gasteiger partial charge in [0.25, 0.3) is 0 Å². The fourth-order valence-corrected chi connectivity index (χ4v) is 9.62. The van der Waals surface area contributed by atoms with E-state index < -0.39 is 29.6 Å². The van der Waals surface area contributed by atoms with E-state index in [1.807, 2.05) is 0 Å². The second-order valence-electron chi connectivity index (χ2n) is 11.8. The molecule has 4 aliphatic rings. The topological polar surface area (TPSA) is 124 Å². The standard InChI is InChI=1S/C29H31F3N4O5S2/c1-16-23(33-7-5-24(16)41-15-29(30,31)32)14-43(39)27-34-22-4-2-3-21(25(22)35-27)26(37)40-8-6-28(42-36-38)19-10-17-9-18(12-19)13-20(28)11-17/h2-5,7,17-20H,6,8-15H2,1H3,(H,34,35). The fourth-order valence-electron chi connectivity index (χ4n) is 7.53. The van der Waals surface area contributed by atoms with Crippen LogP contribution in [0.5, 0.6) is 5.75 Å². The minimum atomic E-state index is -4.49. The summed E-state index contributed by atoms with van der Waals surface area (Å²) in [6.45, 7) is 0.259. The van der Waals surface area contributed by atoms with E-state index in [-0.39, 0.29) is 33.6 Å². The maximum Gasteiger partial charge on any atom is 0.422 e. The van der Waals surface area contributed by atoms with Crippen molar-refractivity contribution in [1.82, 2.24) is 15.0 Å². The van der Waals surface area contributed by atoms with Crippen LogP contribution in [0, 0.1) is 35.5 Å². The Kier molecular flexibility index (Phi) is 8.26. The molecule has 2 heterocycles. The van der Waals surface area contributed by atoms with Gasteiger partial charge in [0.15, 0.2) is 11.8 Å². The number of rotatable bonds is 11. The van der Waals surface area contributed by atoms with E-state index in [0.29, 0.717) is 40.5 Å². The highest BCUT2D eigenvalue weighted by Gasteiger charge is 2.58. The lowest BCUT2D eigenvalue weighted by Gasteiger charge is -2.59. The molecule has 1 N–H and O–H groups in total. The molecule has 4 aliphatic carbocycles. The van der Waals surface area contributed by atoms with Crippen molar-refractivity contribution in [3.63, 3.8) is 0 Å². The van der Waals surface area contributed by atoms with Crippen molar-refractivity contribution in [3.8, 4) is 5.75 Å². The number of benzene rings is 1. The summed E-state index contributed by atoms with van der Waals surface area (Å²) in [5, 5.41) is 0.0964. The summed E-state index contributed by atoms with van der Waals surface area (Å²) in [6, 6.07) is 6.28. The third kappa shape index (κ3) is 6.04. The number of hydrogen-bond donors (Lipinski definition) is 1. The zero-order valence-electron chi connectivity index (χ0n) is 23.4. The normalized spacial score (nSPS) is 26.9. The van der Waals surface area contributed by atoms with Crippen LogP contribution in [0.4, 0.5) is 13.2 Å². The number of ether oxygens (including phenoxy) is 2. The number of carbonyl (C=O) groups excluding carboxylic acids is 1. The highest BCUT2D eigenvalue weighted by Crippen LogP contribution is 2.64. The highest BCUT2D eigenvalue weighted by atomic mass is 32.2. The lowest BCUT2D eigenvalue weighted by atomic mass is 9.51. The quantitative estimate of drug-likeness (QED) is 0.141. The number of aromatic nitrogens is 3. The number of H-pyrrole nitrogens is 1. The summed E-state index contributed by atoms with van der Waals surface area (Å²) in [5.74, 6) is 1.60. The van der Waals surface area contributed by atoms with Crippen molar-refractivity contribution in [2.45, 2.75) is 67.3 Å². The van der Waals surface area contributed by atoms with Crippen molar-refractivity contribution in [1.29, 1.82) is 0 Å². The predicted octanol–water partition coefficient (Wildman–Crippen LogP) is 6.67. The van der Waals surface area contributed by atoms with Crippen molar-refractivity contribution in [2.75, 3.05) is 13.2 Å². The number of imidazole rings is 1. The van der Waals surface area contributed by atoms with Crippen LogP contribution in [-0.4, -0.2) is 49.3 Å². The summed E-state index contributed by atoms with van der Waals surface area (Å²) in [5.41, 5.74) is 1.66. The Morgan fingerprint density at radius 2 is 1.88 bits per heavy atom. The molecule has 0 aliphatic heterocycles. The first-order chi connectivity index (χ1) is 20.6. The minimum Gasteiger partial charge on any atom is -0.484 e. The number of hydrogen-bond acceptors (Lipinski definition) is 9. The van der Waals surface area contributed by atoms with Crippen molar-refractivity contribution in [2.24, 2.45) is 28.3 Å². The summed E-state index contributed by atoms with van der Waals surface area (Å²) in [6.07, 6.45) is 3.09. The summed E-state index contributed by atoms with van der Waals surface area (Å²) < 4.78 is 64.6. The maximum absolute atomic E-state index is 13.2. The number of nitrogens with zero attached hydrogens (tertiary/aromatic N) is 3. The molecule has 0 saturated heterocycles. The van der Waals surface area contributed by atoms with E-state index in [4.69, 9.17) is 9.47 Å². The van der Waals surface area contributed by atoms with Crippen molar-refractivity contribution >= 4 is 39.8 Å². The molecule has 7 rings (SSSR count). The number of para-hydroxylation sites is 1. The zero-order chi connectivity index (χ0) is 30.4. The van der Waals surface area contributed by atoms with E-state index in [1.54, 1.807) is 25.1 Å². The molecule has 4 fully saturated rings. The van der Waals surface area contributed by atoms with Gasteiger partial charge in [0.2, 0.25) is 0 Å². The molecule has 3 aromatic rings. The van der Waals surface area contributed by atoms with Crippen molar-refractivity contribution < 1.29 is 31.6 Å². The lowest BCUT2D eigenvalue weighted by molar-refractivity contribution is -0.153. The molecule has 9 nitrogen and oxygen atoms in total. The van der Waals surface area contributed by atoms with E-state index >= 15 is 0 Å². The van der Waals surface area contributed by atoms with Crippen LogP contribution >= 0.6 is 11.9 Å². The molecule has 1 unspecified atom stereocenters. The third-order valence-corrected chi connectivity index (χ3v) is 11.7. The fraction of sp³-hybridized carbons (Fsp3) is 0.552. The maximum atomic E-state index is 13.2. The monoisotopic (exact) mass is 636 g/mol. The molecule has 14 heteroatoms. The molecule has 4 bridgehead atoms. The number of carbonyl (C=O) groups is 1. The average Bonchev–Trinajstić information content (AvgIpc) is 3.40. The van der Waals surface area contributed by atoms with Crippen LogP contribution in [0.2, 0.25) is 0 Å². The number of pyridine rings is 1. The second-order valence-corrected chi connectivity index (χ2v) is 14.3. The first-order valence-electron chi connectivity index (χ1n) is 14.3. The Balaban J connectivity index is 1.13. The van der Waals surface area contributed by atoms with Crippen LogP contribution in [-0.2, 0) is 21.3 Å². The number of nitroso groups, excluding NO2 is 1. The van der Waals surface area contributed by atoms with Gasteiger partial charge in [-0.1, -0.05) is 6.07 Å². The van der Waals surface area contributed by atoms with Crippen LogP contribution in [0.15, 0.2) is 40.2 Å². The number of nitrogens with one attached hydrogen (secondary N) is 1. The SMILES string of the molecule is Cc1c(OCC(F)(F)F)ccnc1CS(=O)c1nc2c(C(=O)OCCC3(SN=O)C4CC5CC(C4)CC3C5)cccc2[nH]1. The molecule has 230 valence electrons. The molecular formula is C29H31F3N4O5S2. The van der Waals surface area contributed by atoms with Crippen LogP contribution in [0.1, 0.15) is 60.1 Å². The number of halogens is 3. The van der Waals surface area contributed by atoms with E-state index in [2.05, 4.69) is 19.5 Å². The third-order valence-electron chi connectivity index (χ3n) is 9.30. The summed E-state index contributed by atoms with van der Waals surface area (Å²) in [4.78, 5) is 36.2. The van der Waals surface area contributed by atoms with Gasteiger partial charge in [-0.2, -0.15) is 13.2 Å². The molecule has 0 spiro atoms. The summed E-state index contributed by atoms with van der Waals surface area (Å²) in [7, 11) is -1.75. The minimum absolute atomic E-state index is 0.00623. The van der Waals surface area contributed by atoms with Gasteiger partial charge in [0, 0.05) is 28.3 Å². The molecular weight excluding hydrogens is 605 g/mol. The zero-order valence-corrected chi connectivity index (χ0v) is 25.0. The predicted molar refractivity (Wildman–Crippen MR) is 155 cm³/mol. The molecule has 1 aromatic carbocycles. The molecule has 4 saturated carbocycles. The highest BCUT2D eigenvalue weighted by molar-refractivity contribution is 7.99. The number of esters is 1. The molecule has 1 atom stereocenters. The smallest absolute Gasteiger partial charge is 0.422 e. The van der Waals surface area contributed by atoms with Gasteiger partial charge in [0.1, 0.15) is 11.3 Å². The van der Waals surface area contributed by atoms with Gasteiger partial charge in [-0.05, 0) is 87.3 Å². The van der Waals surface area contributed by atoms with Crippen LogP contribution < -0.4 is 4.74 Å². The van der Waals surface area contributed by atoms with Gasteiger partial charge in [0.05, 0.1) is 44.7 Å². The van der Waals surface area contributed by atoms with Crippen LogP contribution in [0.25, 0.3) is 11.0 Å². The van der Waals surface area contributed by atoms with Gasteiger partial charge in [-0.25, -0.2) is 9.78 Å². The molecule has 0 amide bonds. The lowest BCUT2D eigenvalue weighted by Crippen LogP contribution is -2.56. The number of aromatic amines is 1. The van der Waals surface area contributed by atoms with Gasteiger partial charge >= 0.3 is 12.1 Å². The first-order valence-corrected chi connectivity index (χ1v) is 16.3. The molecule has 0 radical (unpaired) electrons. The Bertz CT molecular complexity index is 1530. The van der Waals surface area contributed by atoms with Crippen LogP contribution in [0.3, 0.4) is 0 Å². The van der Waals surface area contributed by atoms with E-state index in [1.165, 1.54) is 18.7 Å². The Labute approximate surface area is 252 Å². The van der Waals surface area contributed by atoms with Crippen molar-refractivity contribution in [3.05, 3.63) is 52.2 Å². The van der Waals surface area contributed by atoms with E-state index in [0.717, 1.165) is 49.5 Å².